The van der Waals surface area contributed by atoms with Gasteiger partial charge in [0.05, 0.1) is 0 Å². The zero-order chi connectivity index (χ0) is 9.26. The number of aromatic hydroxyl groups is 1. The van der Waals surface area contributed by atoms with Gasteiger partial charge < -0.3 is 10.4 Å². The summed E-state index contributed by atoms with van der Waals surface area (Å²) in [6.07, 6.45) is 2.37. The summed E-state index contributed by atoms with van der Waals surface area (Å²) >= 11 is 3.49. The zero-order valence-corrected chi connectivity index (χ0v) is 8.84. The van der Waals surface area contributed by atoms with E-state index in [0.717, 1.165) is 23.0 Å². The maximum Gasteiger partial charge on any atom is 0.115 e. The third-order valence-corrected chi connectivity index (χ3v) is 3.14. The van der Waals surface area contributed by atoms with Crippen LogP contribution in [0.15, 0.2) is 22.7 Å². The fourth-order valence-electron chi connectivity index (χ4n) is 1.75. The molecule has 0 aromatic heterocycles. The van der Waals surface area contributed by atoms with E-state index in [2.05, 4.69) is 21.2 Å². The van der Waals surface area contributed by atoms with Crippen molar-refractivity contribution in [2.75, 3.05) is 6.54 Å². The molecule has 1 atom stereocenters. The summed E-state index contributed by atoms with van der Waals surface area (Å²) in [5.41, 5.74) is 1.16. The van der Waals surface area contributed by atoms with Gasteiger partial charge in [0.2, 0.25) is 0 Å². The van der Waals surface area contributed by atoms with Gasteiger partial charge in [0.15, 0.2) is 0 Å². The molecule has 1 unspecified atom stereocenters. The van der Waals surface area contributed by atoms with Crippen LogP contribution in [0.4, 0.5) is 0 Å². The van der Waals surface area contributed by atoms with Gasteiger partial charge in [0.25, 0.3) is 0 Å². The average Bonchev–Trinajstić information content (AvgIpc) is 2.61. The molecule has 0 amide bonds. The van der Waals surface area contributed by atoms with Crippen molar-refractivity contribution in [3.8, 4) is 5.75 Å². The summed E-state index contributed by atoms with van der Waals surface area (Å²) in [4.78, 5) is 0. The lowest BCUT2D eigenvalue weighted by atomic mass is 10.1. The third kappa shape index (κ3) is 1.86. The number of halogens is 1. The molecule has 0 aliphatic carbocycles. The Hall–Kier alpha value is -0.540. The van der Waals surface area contributed by atoms with Crippen LogP contribution in [-0.4, -0.2) is 11.7 Å². The first kappa shape index (κ1) is 9.03. The van der Waals surface area contributed by atoms with Crippen LogP contribution in [0.25, 0.3) is 0 Å². The summed E-state index contributed by atoms with van der Waals surface area (Å²) in [5.74, 6) is 0.340. The van der Waals surface area contributed by atoms with Gasteiger partial charge >= 0.3 is 0 Å². The lowest BCUT2D eigenvalue weighted by molar-refractivity contribution is 0.472. The molecule has 70 valence electrons. The van der Waals surface area contributed by atoms with E-state index in [0.29, 0.717) is 11.8 Å². The molecule has 2 nitrogen and oxygen atoms in total. The van der Waals surface area contributed by atoms with Gasteiger partial charge in [0, 0.05) is 10.5 Å². The molecule has 3 heteroatoms. The normalized spacial score (nSPS) is 22.1. The van der Waals surface area contributed by atoms with Crippen LogP contribution in [0.2, 0.25) is 0 Å². The standard InChI is InChI=1S/C10H12BrNO/c11-9-4-3-7(13)6-8(9)10-2-1-5-12-10/h3-4,6,10,12-13H,1-2,5H2. The molecule has 1 aliphatic heterocycles. The van der Waals surface area contributed by atoms with Crippen LogP contribution in [0.3, 0.4) is 0 Å². The minimum Gasteiger partial charge on any atom is -0.508 e. The molecule has 0 radical (unpaired) electrons. The van der Waals surface area contributed by atoms with Gasteiger partial charge in [-0.15, -0.1) is 0 Å². The van der Waals surface area contributed by atoms with Crippen LogP contribution in [0.5, 0.6) is 5.75 Å². The first-order chi connectivity index (χ1) is 6.27. The number of benzene rings is 1. The highest BCUT2D eigenvalue weighted by atomic mass is 79.9. The van der Waals surface area contributed by atoms with E-state index >= 15 is 0 Å². The van der Waals surface area contributed by atoms with Crippen molar-refractivity contribution in [1.82, 2.24) is 5.32 Å². The minimum absolute atomic E-state index is 0.340. The summed E-state index contributed by atoms with van der Waals surface area (Å²) in [6, 6.07) is 5.82. The van der Waals surface area contributed by atoms with Crippen LogP contribution < -0.4 is 5.32 Å². The Bertz CT molecular complexity index is 308. The second kappa shape index (κ2) is 3.68. The molecule has 1 saturated heterocycles. The fraction of sp³-hybridized carbons (Fsp3) is 0.400. The first-order valence-electron chi connectivity index (χ1n) is 4.49. The molecule has 13 heavy (non-hydrogen) atoms. The number of hydrogen-bond acceptors (Lipinski definition) is 2. The summed E-state index contributed by atoms with van der Waals surface area (Å²) in [7, 11) is 0. The largest absolute Gasteiger partial charge is 0.508 e. The maximum absolute atomic E-state index is 9.35. The molecule has 0 bridgehead atoms. The lowest BCUT2D eigenvalue weighted by Gasteiger charge is -2.12. The third-order valence-electron chi connectivity index (χ3n) is 2.42. The zero-order valence-electron chi connectivity index (χ0n) is 7.26. The Morgan fingerprint density at radius 2 is 2.31 bits per heavy atom. The number of phenols is 1. The summed E-state index contributed by atoms with van der Waals surface area (Å²) in [5, 5.41) is 12.7. The van der Waals surface area contributed by atoms with Crippen LogP contribution in [0.1, 0.15) is 24.4 Å². The summed E-state index contributed by atoms with van der Waals surface area (Å²) < 4.78 is 1.07. The Morgan fingerprint density at radius 1 is 1.46 bits per heavy atom. The molecule has 1 aromatic rings. The Balaban J connectivity index is 2.32. The highest BCUT2D eigenvalue weighted by Crippen LogP contribution is 2.31. The average molecular weight is 242 g/mol. The van der Waals surface area contributed by atoms with E-state index < -0.39 is 0 Å². The van der Waals surface area contributed by atoms with Crippen molar-refractivity contribution in [2.45, 2.75) is 18.9 Å². The van der Waals surface area contributed by atoms with E-state index in [9.17, 15) is 5.11 Å². The van der Waals surface area contributed by atoms with Crippen molar-refractivity contribution >= 4 is 15.9 Å². The SMILES string of the molecule is Oc1ccc(Br)c(C2CCCN2)c1. The predicted molar refractivity (Wildman–Crippen MR) is 55.8 cm³/mol. The molecule has 0 spiro atoms. The lowest BCUT2D eigenvalue weighted by Crippen LogP contribution is -2.13. The number of phenolic OH excluding ortho intramolecular Hbond substituents is 1. The fourth-order valence-corrected chi connectivity index (χ4v) is 2.27. The van der Waals surface area contributed by atoms with Crippen molar-refractivity contribution in [3.63, 3.8) is 0 Å². The van der Waals surface area contributed by atoms with Crippen molar-refractivity contribution in [3.05, 3.63) is 28.2 Å². The van der Waals surface area contributed by atoms with E-state index in [1.165, 1.54) is 6.42 Å². The number of rotatable bonds is 1. The number of hydrogen-bond donors (Lipinski definition) is 2. The van der Waals surface area contributed by atoms with E-state index in [1.54, 1.807) is 6.07 Å². The predicted octanol–water partition coefficient (Wildman–Crippen LogP) is 2.58. The molecule has 1 fully saturated rings. The van der Waals surface area contributed by atoms with E-state index in [1.807, 2.05) is 12.1 Å². The molecule has 2 N–H and O–H groups in total. The monoisotopic (exact) mass is 241 g/mol. The Morgan fingerprint density at radius 3 is 3.00 bits per heavy atom. The number of nitrogens with one attached hydrogen (secondary N) is 1. The van der Waals surface area contributed by atoms with E-state index in [4.69, 9.17) is 0 Å². The van der Waals surface area contributed by atoms with Crippen LogP contribution in [-0.2, 0) is 0 Å². The minimum atomic E-state index is 0.340. The molecular formula is C10H12BrNO. The van der Waals surface area contributed by atoms with Gasteiger partial charge in [0.1, 0.15) is 5.75 Å². The summed E-state index contributed by atoms with van der Waals surface area (Å²) in [6.45, 7) is 1.08. The van der Waals surface area contributed by atoms with Gasteiger partial charge in [-0.05, 0) is 43.1 Å². The van der Waals surface area contributed by atoms with Gasteiger partial charge in [-0.1, -0.05) is 15.9 Å². The van der Waals surface area contributed by atoms with Gasteiger partial charge in [-0.25, -0.2) is 0 Å². The van der Waals surface area contributed by atoms with Crippen molar-refractivity contribution < 1.29 is 5.11 Å². The van der Waals surface area contributed by atoms with Crippen molar-refractivity contribution in [1.29, 1.82) is 0 Å². The molecule has 1 aromatic carbocycles. The molecule has 1 aliphatic rings. The highest BCUT2D eigenvalue weighted by molar-refractivity contribution is 9.10. The first-order valence-corrected chi connectivity index (χ1v) is 5.28. The van der Waals surface area contributed by atoms with Crippen LogP contribution >= 0.6 is 15.9 Å². The maximum atomic E-state index is 9.35. The molecule has 1 heterocycles. The Kier molecular flexibility index (Phi) is 2.56. The molecular weight excluding hydrogens is 230 g/mol. The Labute approximate surface area is 86.1 Å². The van der Waals surface area contributed by atoms with Gasteiger partial charge in [-0.2, -0.15) is 0 Å². The van der Waals surface area contributed by atoms with E-state index in [-0.39, 0.29) is 0 Å². The van der Waals surface area contributed by atoms with Crippen LogP contribution in [0, 0.1) is 0 Å². The second-order valence-electron chi connectivity index (χ2n) is 3.35. The highest BCUT2D eigenvalue weighted by Gasteiger charge is 2.18. The van der Waals surface area contributed by atoms with Gasteiger partial charge in [-0.3, -0.25) is 0 Å². The van der Waals surface area contributed by atoms with Crippen molar-refractivity contribution in [2.24, 2.45) is 0 Å². The second-order valence-corrected chi connectivity index (χ2v) is 4.21. The smallest absolute Gasteiger partial charge is 0.115 e. The topological polar surface area (TPSA) is 32.3 Å². The molecule has 2 rings (SSSR count). The molecule has 0 saturated carbocycles. The quantitative estimate of drug-likeness (QED) is 0.793.